The summed E-state index contributed by atoms with van der Waals surface area (Å²) in [7, 11) is 1.84. The molecule has 1 amide bonds. The van der Waals surface area contributed by atoms with E-state index in [-0.39, 0.29) is 11.8 Å². The highest BCUT2D eigenvalue weighted by atomic mass is 16.1. The van der Waals surface area contributed by atoms with E-state index in [2.05, 4.69) is 51.7 Å². The molecule has 4 N–H and O–H groups in total. The van der Waals surface area contributed by atoms with Crippen molar-refractivity contribution < 1.29 is 4.79 Å². The van der Waals surface area contributed by atoms with Gasteiger partial charge < -0.3 is 16.4 Å². The smallest absolute Gasteiger partial charge is 0.221 e. The van der Waals surface area contributed by atoms with Crippen LogP contribution in [0.3, 0.4) is 0 Å². The maximum Gasteiger partial charge on any atom is 0.221 e. The first-order valence-corrected chi connectivity index (χ1v) is 11.1. The quantitative estimate of drug-likeness (QED) is 0.507. The summed E-state index contributed by atoms with van der Waals surface area (Å²) in [6, 6.07) is 9.19. The number of carbonyl (C=O) groups excluding carboxylic acids is 1. The second-order valence-electron chi connectivity index (χ2n) is 8.84. The molecule has 2 aliphatic rings. The van der Waals surface area contributed by atoms with E-state index in [4.69, 9.17) is 5.73 Å². The molecule has 3 unspecified atom stereocenters. The van der Waals surface area contributed by atoms with Gasteiger partial charge in [0.05, 0.1) is 5.92 Å². The van der Waals surface area contributed by atoms with Crippen LogP contribution in [-0.2, 0) is 17.9 Å². The number of benzene rings is 1. The molecule has 6 heteroatoms. The predicted molar refractivity (Wildman–Crippen MR) is 118 cm³/mol. The van der Waals surface area contributed by atoms with Crippen molar-refractivity contribution in [3.8, 4) is 0 Å². The van der Waals surface area contributed by atoms with Gasteiger partial charge in [0.15, 0.2) is 5.96 Å². The summed E-state index contributed by atoms with van der Waals surface area (Å²) in [6.07, 6.45) is 7.04. The molecule has 1 saturated carbocycles. The Hall–Kier alpha value is -2.08. The highest BCUT2D eigenvalue weighted by Crippen LogP contribution is 2.23. The lowest BCUT2D eigenvalue weighted by Gasteiger charge is -2.31. The molecule has 1 aliphatic carbocycles. The molecule has 0 bridgehead atoms. The highest BCUT2D eigenvalue weighted by molar-refractivity contribution is 5.80. The van der Waals surface area contributed by atoms with Gasteiger partial charge in [-0.2, -0.15) is 0 Å². The summed E-state index contributed by atoms with van der Waals surface area (Å²) in [5, 5.41) is 7.05. The van der Waals surface area contributed by atoms with Crippen LogP contribution in [0.2, 0.25) is 0 Å². The number of nitrogens with zero attached hydrogens (tertiary/aromatic N) is 2. The number of rotatable bonds is 6. The second-order valence-corrected chi connectivity index (χ2v) is 8.84. The molecule has 2 fully saturated rings. The van der Waals surface area contributed by atoms with E-state index in [1.54, 1.807) is 0 Å². The summed E-state index contributed by atoms with van der Waals surface area (Å²) in [4.78, 5) is 18.3. The molecule has 6 nitrogen and oxygen atoms in total. The van der Waals surface area contributed by atoms with Crippen molar-refractivity contribution in [2.75, 3.05) is 20.1 Å². The van der Waals surface area contributed by atoms with Gasteiger partial charge in [-0.05, 0) is 49.3 Å². The normalized spacial score (nSPS) is 26.1. The van der Waals surface area contributed by atoms with Gasteiger partial charge in [0.2, 0.25) is 5.91 Å². The molecule has 29 heavy (non-hydrogen) atoms. The molecule has 0 spiro atoms. The Balaban J connectivity index is 1.50. The van der Waals surface area contributed by atoms with Gasteiger partial charge in [-0.1, -0.05) is 44.0 Å². The highest BCUT2D eigenvalue weighted by Gasteiger charge is 2.24. The molecule has 1 aromatic rings. The number of aliphatic imine (C=N–C) groups is 1. The molecule has 0 aromatic heterocycles. The molecular weight excluding hydrogens is 362 g/mol. The number of piperidine rings is 1. The number of nitrogens with one attached hydrogen (secondary N) is 2. The van der Waals surface area contributed by atoms with E-state index in [1.165, 1.54) is 36.8 Å². The van der Waals surface area contributed by atoms with E-state index in [9.17, 15) is 4.79 Å². The monoisotopic (exact) mass is 399 g/mol. The zero-order valence-electron chi connectivity index (χ0n) is 18.0. The third-order valence-corrected chi connectivity index (χ3v) is 6.27. The number of guanidine groups is 1. The Labute approximate surface area is 175 Å². The number of hydrogen-bond acceptors (Lipinski definition) is 3. The van der Waals surface area contributed by atoms with Gasteiger partial charge >= 0.3 is 0 Å². The molecule has 1 aliphatic heterocycles. The fraction of sp³-hybridized carbons (Fsp3) is 0.652. The van der Waals surface area contributed by atoms with Crippen LogP contribution in [0.15, 0.2) is 29.3 Å². The Morgan fingerprint density at radius 1 is 1.24 bits per heavy atom. The number of likely N-dealkylation sites (tertiary alicyclic amines) is 1. The maximum atomic E-state index is 11.5. The summed E-state index contributed by atoms with van der Waals surface area (Å²) in [5.41, 5.74) is 8.03. The van der Waals surface area contributed by atoms with Crippen molar-refractivity contribution in [2.45, 2.75) is 64.6 Å². The maximum absolute atomic E-state index is 11.5. The van der Waals surface area contributed by atoms with Crippen molar-refractivity contribution >= 4 is 11.9 Å². The molecule has 3 atom stereocenters. The lowest BCUT2D eigenvalue weighted by atomic mass is 9.87. The molecule has 1 heterocycles. The minimum atomic E-state index is -0.168. The van der Waals surface area contributed by atoms with E-state index in [0.717, 1.165) is 50.9 Å². The Bertz CT molecular complexity index is 704. The minimum Gasteiger partial charge on any atom is -0.369 e. The van der Waals surface area contributed by atoms with Gasteiger partial charge in [-0.3, -0.25) is 14.7 Å². The van der Waals surface area contributed by atoms with E-state index >= 15 is 0 Å². The number of hydrogen-bond donors (Lipinski definition) is 3. The molecule has 0 radical (unpaired) electrons. The number of carbonyl (C=O) groups is 1. The number of amides is 1. The van der Waals surface area contributed by atoms with Crippen molar-refractivity contribution in [2.24, 2.45) is 22.6 Å². The summed E-state index contributed by atoms with van der Waals surface area (Å²) < 4.78 is 0. The molecular formula is C23H37N5O. The predicted octanol–water partition coefficient (Wildman–Crippen LogP) is 2.63. The van der Waals surface area contributed by atoms with Crippen LogP contribution in [0.1, 0.15) is 56.6 Å². The van der Waals surface area contributed by atoms with Crippen molar-refractivity contribution in [1.29, 1.82) is 0 Å². The standard InChI is InChI=1S/C23H37N5O/c1-17-6-3-10-21(12-17)27-23(25-2)26-14-18-7-4-8-19(13-18)15-28-11-5-9-20(16-28)22(24)29/h4,7-8,13,17,20-21H,3,5-6,9-12,14-16H2,1-2H3,(H2,24,29)(H2,25,26,27). The summed E-state index contributed by atoms with van der Waals surface area (Å²) in [6.45, 7) is 5.75. The van der Waals surface area contributed by atoms with Crippen LogP contribution < -0.4 is 16.4 Å². The van der Waals surface area contributed by atoms with E-state index in [1.807, 2.05) is 7.05 Å². The first-order valence-electron chi connectivity index (χ1n) is 11.1. The van der Waals surface area contributed by atoms with Crippen LogP contribution in [0, 0.1) is 11.8 Å². The average Bonchev–Trinajstić information content (AvgIpc) is 2.71. The first kappa shape index (κ1) is 21.6. The second kappa shape index (κ2) is 10.6. The van der Waals surface area contributed by atoms with Crippen LogP contribution in [0.25, 0.3) is 0 Å². The van der Waals surface area contributed by atoms with Gasteiger partial charge in [-0.25, -0.2) is 0 Å². The Morgan fingerprint density at radius 2 is 2.07 bits per heavy atom. The first-order chi connectivity index (χ1) is 14.0. The molecule has 1 saturated heterocycles. The largest absolute Gasteiger partial charge is 0.369 e. The van der Waals surface area contributed by atoms with Crippen molar-refractivity contribution in [3.05, 3.63) is 35.4 Å². The van der Waals surface area contributed by atoms with Crippen LogP contribution in [-0.4, -0.2) is 42.9 Å². The Morgan fingerprint density at radius 3 is 2.83 bits per heavy atom. The zero-order chi connectivity index (χ0) is 20.6. The van der Waals surface area contributed by atoms with Crippen LogP contribution >= 0.6 is 0 Å². The Kier molecular flexibility index (Phi) is 7.92. The number of primary amides is 1. The van der Waals surface area contributed by atoms with Crippen molar-refractivity contribution in [3.63, 3.8) is 0 Å². The van der Waals surface area contributed by atoms with Gasteiger partial charge in [0.25, 0.3) is 0 Å². The third kappa shape index (κ3) is 6.74. The topological polar surface area (TPSA) is 82.8 Å². The van der Waals surface area contributed by atoms with Crippen molar-refractivity contribution in [1.82, 2.24) is 15.5 Å². The lowest BCUT2D eigenvalue weighted by molar-refractivity contribution is -0.123. The van der Waals surface area contributed by atoms with E-state index in [0.29, 0.717) is 6.04 Å². The lowest BCUT2D eigenvalue weighted by Crippen LogP contribution is -2.44. The fourth-order valence-corrected chi connectivity index (χ4v) is 4.67. The molecule has 160 valence electrons. The number of nitrogens with two attached hydrogens (primary N) is 1. The third-order valence-electron chi connectivity index (χ3n) is 6.27. The minimum absolute atomic E-state index is 0.00879. The van der Waals surface area contributed by atoms with Gasteiger partial charge in [0, 0.05) is 32.7 Å². The summed E-state index contributed by atoms with van der Waals surface area (Å²) in [5.74, 6) is 1.50. The summed E-state index contributed by atoms with van der Waals surface area (Å²) >= 11 is 0. The molecule has 1 aromatic carbocycles. The molecule has 3 rings (SSSR count). The van der Waals surface area contributed by atoms with Crippen LogP contribution in [0.4, 0.5) is 0 Å². The van der Waals surface area contributed by atoms with Crippen LogP contribution in [0.5, 0.6) is 0 Å². The van der Waals surface area contributed by atoms with Gasteiger partial charge in [-0.15, -0.1) is 0 Å². The fourth-order valence-electron chi connectivity index (χ4n) is 4.67. The SMILES string of the molecule is CN=C(NCc1cccc(CN2CCCC(C(N)=O)C2)c1)NC1CCCC(C)C1. The average molecular weight is 400 g/mol. The zero-order valence-corrected chi connectivity index (χ0v) is 18.0. The van der Waals surface area contributed by atoms with Gasteiger partial charge in [0.1, 0.15) is 0 Å². The van der Waals surface area contributed by atoms with E-state index < -0.39 is 0 Å².